The van der Waals surface area contributed by atoms with E-state index in [9.17, 15) is 4.39 Å². The van der Waals surface area contributed by atoms with E-state index in [2.05, 4.69) is 10.2 Å². The van der Waals surface area contributed by atoms with Gasteiger partial charge in [0, 0.05) is 6.42 Å². The van der Waals surface area contributed by atoms with Crippen LogP contribution in [0.1, 0.15) is 12.7 Å². The van der Waals surface area contributed by atoms with Crippen molar-refractivity contribution in [2.45, 2.75) is 13.3 Å². The molecule has 0 saturated carbocycles. The minimum absolute atomic E-state index is 0.0457. The number of nitrogens with zero attached hydrogens (tertiary/aromatic N) is 3. The lowest BCUT2D eigenvalue weighted by Crippen LogP contribution is -2.03. The van der Waals surface area contributed by atoms with Crippen LogP contribution in [0.3, 0.4) is 0 Å². The van der Waals surface area contributed by atoms with Gasteiger partial charge >= 0.3 is 0 Å². The van der Waals surface area contributed by atoms with E-state index in [0.717, 1.165) is 0 Å². The molecule has 0 atom stereocenters. The monoisotopic (exact) mass is 259 g/mol. The van der Waals surface area contributed by atoms with E-state index in [1.54, 1.807) is 12.1 Å². The van der Waals surface area contributed by atoms with Gasteiger partial charge < -0.3 is 0 Å². The van der Waals surface area contributed by atoms with Crippen LogP contribution in [0.25, 0.3) is 5.69 Å². The van der Waals surface area contributed by atoms with E-state index in [1.807, 2.05) is 6.92 Å². The Labute approximate surface area is 102 Å². The second-order valence-corrected chi connectivity index (χ2v) is 3.89. The zero-order valence-corrected chi connectivity index (χ0v) is 9.93. The largest absolute Gasteiger partial charge is 0.267 e. The molecule has 16 heavy (non-hydrogen) atoms. The summed E-state index contributed by atoms with van der Waals surface area (Å²) in [5.74, 6) is 0.0618. The van der Waals surface area contributed by atoms with Gasteiger partial charge in [-0.25, -0.2) is 4.39 Å². The van der Waals surface area contributed by atoms with Gasteiger partial charge in [0.15, 0.2) is 5.82 Å². The number of hydrogen-bond donors (Lipinski definition) is 0. The topological polar surface area (TPSA) is 30.7 Å². The van der Waals surface area contributed by atoms with Crippen molar-refractivity contribution in [2.24, 2.45) is 0 Å². The molecule has 6 heteroatoms. The lowest BCUT2D eigenvalue weighted by molar-refractivity contribution is 0.616. The van der Waals surface area contributed by atoms with Gasteiger partial charge in [0.2, 0.25) is 5.28 Å². The van der Waals surface area contributed by atoms with Gasteiger partial charge in [0.1, 0.15) is 5.82 Å². The Kier molecular flexibility index (Phi) is 3.12. The van der Waals surface area contributed by atoms with Crippen molar-refractivity contribution in [3.63, 3.8) is 0 Å². The Bertz CT molecular complexity index is 525. The van der Waals surface area contributed by atoms with Crippen LogP contribution in [0.5, 0.6) is 0 Å². The molecule has 2 rings (SSSR count). The molecule has 0 aliphatic rings. The molecule has 0 bridgehead atoms. The van der Waals surface area contributed by atoms with Gasteiger partial charge in [-0.15, -0.1) is 10.2 Å². The van der Waals surface area contributed by atoms with Crippen molar-refractivity contribution in [1.29, 1.82) is 0 Å². The molecular weight excluding hydrogens is 252 g/mol. The summed E-state index contributed by atoms with van der Waals surface area (Å²) in [4.78, 5) is 0. The van der Waals surface area contributed by atoms with Crippen LogP contribution >= 0.6 is 23.2 Å². The third kappa shape index (κ3) is 1.79. The number of aromatic nitrogens is 3. The predicted molar refractivity (Wildman–Crippen MR) is 60.7 cm³/mol. The molecule has 0 fully saturated rings. The highest BCUT2D eigenvalue weighted by molar-refractivity contribution is 6.31. The maximum Gasteiger partial charge on any atom is 0.229 e. The molecule has 84 valence electrons. The first-order valence-corrected chi connectivity index (χ1v) is 5.45. The van der Waals surface area contributed by atoms with E-state index in [1.165, 1.54) is 10.6 Å². The maximum atomic E-state index is 13.8. The van der Waals surface area contributed by atoms with Crippen LogP contribution < -0.4 is 0 Å². The van der Waals surface area contributed by atoms with E-state index >= 15 is 0 Å². The summed E-state index contributed by atoms with van der Waals surface area (Å²) in [5.41, 5.74) is 0.263. The van der Waals surface area contributed by atoms with Crippen molar-refractivity contribution >= 4 is 23.2 Å². The second kappa shape index (κ2) is 4.39. The molecule has 0 unspecified atom stereocenters. The van der Waals surface area contributed by atoms with Crippen LogP contribution in [0.15, 0.2) is 18.2 Å². The smallest absolute Gasteiger partial charge is 0.229 e. The number of aryl methyl sites for hydroxylation is 1. The first-order valence-electron chi connectivity index (χ1n) is 4.69. The molecule has 3 nitrogen and oxygen atoms in total. The zero-order chi connectivity index (χ0) is 11.7. The van der Waals surface area contributed by atoms with Crippen molar-refractivity contribution in [1.82, 2.24) is 14.8 Å². The third-order valence-corrected chi connectivity index (χ3v) is 2.72. The highest BCUT2D eigenvalue weighted by Crippen LogP contribution is 2.24. The fourth-order valence-electron chi connectivity index (χ4n) is 1.43. The molecule has 0 aliphatic heterocycles. The van der Waals surface area contributed by atoms with Gasteiger partial charge in [0.25, 0.3) is 0 Å². The summed E-state index contributed by atoms with van der Waals surface area (Å²) in [6.45, 7) is 1.89. The number of rotatable bonds is 2. The Morgan fingerprint density at radius 3 is 2.75 bits per heavy atom. The molecule has 1 aromatic heterocycles. The third-order valence-electron chi connectivity index (χ3n) is 2.18. The molecule has 0 N–H and O–H groups in total. The quantitative estimate of drug-likeness (QED) is 0.829. The van der Waals surface area contributed by atoms with Gasteiger partial charge in [-0.3, -0.25) is 4.57 Å². The lowest BCUT2D eigenvalue weighted by atomic mass is 10.3. The average Bonchev–Trinajstić information content (AvgIpc) is 2.64. The summed E-state index contributed by atoms with van der Waals surface area (Å²) < 4.78 is 15.2. The summed E-state index contributed by atoms with van der Waals surface area (Å²) in [7, 11) is 0. The average molecular weight is 260 g/mol. The summed E-state index contributed by atoms with van der Waals surface area (Å²) in [5, 5.41) is 7.72. The van der Waals surface area contributed by atoms with Crippen molar-refractivity contribution in [3.8, 4) is 5.69 Å². The first-order chi connectivity index (χ1) is 7.65. The van der Waals surface area contributed by atoms with Crippen LogP contribution in [0.4, 0.5) is 4.39 Å². The van der Waals surface area contributed by atoms with E-state index in [4.69, 9.17) is 23.2 Å². The summed E-state index contributed by atoms with van der Waals surface area (Å²) in [6, 6.07) is 4.70. The fourth-order valence-corrected chi connectivity index (χ4v) is 1.82. The molecular formula is C10H8Cl2FN3. The highest BCUT2D eigenvalue weighted by atomic mass is 35.5. The zero-order valence-electron chi connectivity index (χ0n) is 8.41. The fraction of sp³-hybridized carbons (Fsp3) is 0.200. The SMILES string of the molecule is CCc1nnc(Cl)n1-c1cccc(Cl)c1F. The second-order valence-electron chi connectivity index (χ2n) is 3.15. The minimum atomic E-state index is -0.527. The highest BCUT2D eigenvalue weighted by Gasteiger charge is 2.15. The van der Waals surface area contributed by atoms with Crippen LogP contribution in [0.2, 0.25) is 10.3 Å². The van der Waals surface area contributed by atoms with Gasteiger partial charge in [0.05, 0.1) is 10.7 Å². The Hall–Kier alpha value is -1.13. The Balaban J connectivity index is 2.67. The van der Waals surface area contributed by atoms with Crippen molar-refractivity contribution < 1.29 is 4.39 Å². The molecule has 0 spiro atoms. The van der Waals surface area contributed by atoms with Gasteiger partial charge in [-0.1, -0.05) is 24.6 Å². The Morgan fingerprint density at radius 1 is 1.31 bits per heavy atom. The predicted octanol–water partition coefficient (Wildman–Crippen LogP) is 3.28. The molecule has 0 saturated heterocycles. The van der Waals surface area contributed by atoms with Gasteiger partial charge in [-0.05, 0) is 23.7 Å². The minimum Gasteiger partial charge on any atom is -0.267 e. The van der Waals surface area contributed by atoms with Crippen LogP contribution in [-0.2, 0) is 6.42 Å². The molecule has 2 aromatic rings. The number of hydrogen-bond acceptors (Lipinski definition) is 2. The number of halogens is 3. The normalized spacial score (nSPS) is 10.8. The van der Waals surface area contributed by atoms with Crippen LogP contribution in [-0.4, -0.2) is 14.8 Å². The van der Waals surface area contributed by atoms with E-state index < -0.39 is 5.82 Å². The standard InChI is InChI=1S/C10H8Cl2FN3/c1-2-8-14-15-10(12)16(8)7-5-3-4-6(11)9(7)13/h3-5H,2H2,1H3. The van der Waals surface area contributed by atoms with Gasteiger partial charge in [-0.2, -0.15) is 0 Å². The number of benzene rings is 1. The lowest BCUT2D eigenvalue weighted by Gasteiger charge is -2.08. The maximum absolute atomic E-state index is 13.8. The van der Waals surface area contributed by atoms with Crippen molar-refractivity contribution in [3.05, 3.63) is 40.1 Å². The molecule has 0 aliphatic carbocycles. The summed E-state index contributed by atoms with van der Waals surface area (Å²) >= 11 is 11.6. The summed E-state index contributed by atoms with van der Waals surface area (Å²) in [6.07, 6.45) is 0.603. The molecule has 0 amide bonds. The molecule has 0 radical (unpaired) electrons. The van der Waals surface area contributed by atoms with Crippen LogP contribution in [0, 0.1) is 5.82 Å². The molecule has 1 aromatic carbocycles. The van der Waals surface area contributed by atoms with Crippen molar-refractivity contribution in [2.75, 3.05) is 0 Å². The van der Waals surface area contributed by atoms with E-state index in [0.29, 0.717) is 12.2 Å². The van der Waals surface area contributed by atoms with E-state index in [-0.39, 0.29) is 16.0 Å². The first kappa shape index (κ1) is 11.4. The molecule has 1 heterocycles. The Morgan fingerprint density at radius 2 is 2.06 bits per heavy atom.